The minimum atomic E-state index is -0.843. The third kappa shape index (κ3) is 2.33. The van der Waals surface area contributed by atoms with Gasteiger partial charge >= 0.3 is 0 Å². The SMILES string of the molecule is O=C(c1cc(Br)sc1Br)N1C[C@@H](O)[C@@H](O)C1. The van der Waals surface area contributed by atoms with Gasteiger partial charge in [-0.05, 0) is 37.9 Å². The number of β-amino-alcohol motifs (C(OH)–C–C–N with tert-alkyl or cyclic N) is 2. The predicted molar refractivity (Wildman–Crippen MR) is 67.6 cm³/mol. The molecule has 4 nitrogen and oxygen atoms in total. The molecule has 1 aromatic heterocycles. The average molecular weight is 371 g/mol. The molecular weight excluding hydrogens is 362 g/mol. The highest BCUT2D eigenvalue weighted by atomic mass is 79.9. The number of carbonyl (C=O) groups excluding carboxylic acids is 1. The van der Waals surface area contributed by atoms with Crippen molar-refractivity contribution in [2.45, 2.75) is 12.2 Å². The second kappa shape index (κ2) is 4.73. The van der Waals surface area contributed by atoms with Crippen LogP contribution in [0.5, 0.6) is 0 Å². The van der Waals surface area contributed by atoms with E-state index in [1.54, 1.807) is 6.07 Å². The summed E-state index contributed by atoms with van der Waals surface area (Å²) in [6.07, 6.45) is -1.69. The van der Waals surface area contributed by atoms with Crippen LogP contribution in [0.25, 0.3) is 0 Å². The molecule has 2 heterocycles. The first kappa shape index (κ1) is 12.5. The van der Waals surface area contributed by atoms with Gasteiger partial charge in [0.1, 0.15) is 0 Å². The lowest BCUT2D eigenvalue weighted by atomic mass is 10.3. The highest BCUT2D eigenvalue weighted by molar-refractivity contribution is 9.12. The van der Waals surface area contributed by atoms with E-state index < -0.39 is 12.2 Å². The monoisotopic (exact) mass is 369 g/mol. The van der Waals surface area contributed by atoms with E-state index in [9.17, 15) is 15.0 Å². The van der Waals surface area contributed by atoms with Crippen molar-refractivity contribution < 1.29 is 15.0 Å². The first-order chi connectivity index (χ1) is 7.49. The first-order valence-corrected chi connectivity index (χ1v) is 6.99. The fourth-order valence-corrected chi connectivity index (χ4v) is 4.37. The van der Waals surface area contributed by atoms with Crippen LogP contribution in [0.4, 0.5) is 0 Å². The summed E-state index contributed by atoms with van der Waals surface area (Å²) in [7, 11) is 0. The number of hydrogen-bond donors (Lipinski definition) is 2. The van der Waals surface area contributed by atoms with Crippen molar-refractivity contribution in [1.82, 2.24) is 4.90 Å². The maximum atomic E-state index is 12.0. The zero-order valence-electron chi connectivity index (χ0n) is 8.06. The number of aliphatic hydroxyl groups excluding tert-OH is 2. The van der Waals surface area contributed by atoms with Crippen molar-refractivity contribution in [3.8, 4) is 0 Å². The van der Waals surface area contributed by atoms with E-state index >= 15 is 0 Å². The first-order valence-electron chi connectivity index (χ1n) is 4.59. The Bertz CT molecular complexity index is 413. The van der Waals surface area contributed by atoms with Crippen LogP contribution in [0, 0.1) is 0 Å². The van der Waals surface area contributed by atoms with Gasteiger partial charge in [0.05, 0.1) is 25.3 Å². The van der Waals surface area contributed by atoms with Gasteiger partial charge < -0.3 is 15.1 Å². The van der Waals surface area contributed by atoms with Gasteiger partial charge in [-0.3, -0.25) is 4.79 Å². The molecule has 0 aliphatic carbocycles. The summed E-state index contributed by atoms with van der Waals surface area (Å²) in [5, 5.41) is 18.8. The smallest absolute Gasteiger partial charge is 0.256 e. The maximum Gasteiger partial charge on any atom is 0.256 e. The van der Waals surface area contributed by atoms with Gasteiger partial charge in [-0.25, -0.2) is 0 Å². The Morgan fingerprint density at radius 1 is 1.38 bits per heavy atom. The van der Waals surface area contributed by atoms with Gasteiger partial charge in [-0.15, -0.1) is 11.3 Å². The second-order valence-corrected chi connectivity index (χ2v) is 7.33. The molecule has 1 fully saturated rings. The number of aliphatic hydroxyl groups is 2. The summed E-state index contributed by atoms with van der Waals surface area (Å²) in [5.41, 5.74) is 0.554. The van der Waals surface area contributed by atoms with Crippen molar-refractivity contribution in [3.63, 3.8) is 0 Å². The van der Waals surface area contributed by atoms with Gasteiger partial charge in [0.15, 0.2) is 0 Å². The molecule has 0 saturated carbocycles. The van der Waals surface area contributed by atoms with E-state index in [4.69, 9.17) is 0 Å². The number of carbonyl (C=O) groups is 1. The van der Waals surface area contributed by atoms with Gasteiger partial charge in [0.2, 0.25) is 0 Å². The fraction of sp³-hybridized carbons (Fsp3) is 0.444. The zero-order valence-corrected chi connectivity index (χ0v) is 12.0. The van der Waals surface area contributed by atoms with Crippen LogP contribution >= 0.6 is 43.2 Å². The number of amides is 1. The lowest BCUT2D eigenvalue weighted by Gasteiger charge is -2.14. The quantitative estimate of drug-likeness (QED) is 0.786. The second-order valence-electron chi connectivity index (χ2n) is 3.58. The summed E-state index contributed by atoms with van der Waals surface area (Å²) in [4.78, 5) is 13.5. The summed E-state index contributed by atoms with van der Waals surface area (Å²) >= 11 is 8.03. The van der Waals surface area contributed by atoms with Crippen molar-refractivity contribution in [2.75, 3.05) is 13.1 Å². The summed E-state index contributed by atoms with van der Waals surface area (Å²) < 4.78 is 1.61. The Kier molecular flexibility index (Phi) is 3.70. The van der Waals surface area contributed by atoms with E-state index in [1.807, 2.05) is 0 Å². The number of likely N-dealkylation sites (tertiary alicyclic amines) is 1. The van der Waals surface area contributed by atoms with Crippen molar-refractivity contribution >= 4 is 49.1 Å². The van der Waals surface area contributed by atoms with E-state index in [0.717, 1.165) is 7.57 Å². The van der Waals surface area contributed by atoms with Crippen LogP contribution in [0.15, 0.2) is 13.6 Å². The third-order valence-electron chi connectivity index (χ3n) is 2.43. The lowest BCUT2D eigenvalue weighted by Crippen LogP contribution is -2.29. The molecule has 16 heavy (non-hydrogen) atoms. The Balaban J connectivity index is 2.17. The topological polar surface area (TPSA) is 60.8 Å². The van der Waals surface area contributed by atoms with E-state index in [0.29, 0.717) is 5.56 Å². The molecular formula is C9H9Br2NO3S. The van der Waals surface area contributed by atoms with E-state index in [1.165, 1.54) is 16.2 Å². The normalized spacial score (nSPS) is 25.1. The molecule has 1 amide bonds. The minimum Gasteiger partial charge on any atom is -0.388 e. The molecule has 1 aromatic rings. The Hall–Kier alpha value is 0.0500. The lowest BCUT2D eigenvalue weighted by molar-refractivity contribution is 0.0572. The Morgan fingerprint density at radius 2 is 1.94 bits per heavy atom. The van der Waals surface area contributed by atoms with Crippen LogP contribution < -0.4 is 0 Å². The molecule has 0 unspecified atom stereocenters. The molecule has 0 radical (unpaired) electrons. The standard InChI is InChI=1S/C9H9Br2NO3S/c10-7-1-4(8(11)16-7)9(15)12-2-5(13)6(14)3-12/h1,5-6,13-14H,2-3H2/t5-,6+. The number of rotatable bonds is 1. The number of thiophene rings is 1. The summed E-state index contributed by atoms with van der Waals surface area (Å²) in [6.45, 7) is 0.361. The molecule has 88 valence electrons. The molecule has 7 heteroatoms. The number of nitrogens with zero attached hydrogens (tertiary/aromatic N) is 1. The molecule has 0 aromatic carbocycles. The summed E-state index contributed by atoms with van der Waals surface area (Å²) in [5.74, 6) is -0.176. The van der Waals surface area contributed by atoms with Crippen LogP contribution in [-0.2, 0) is 0 Å². The fourth-order valence-electron chi connectivity index (χ4n) is 1.59. The van der Waals surface area contributed by atoms with Crippen LogP contribution in [0.2, 0.25) is 0 Å². The zero-order chi connectivity index (χ0) is 11.9. The Morgan fingerprint density at radius 3 is 2.38 bits per heavy atom. The molecule has 1 saturated heterocycles. The van der Waals surface area contributed by atoms with Gasteiger partial charge in [-0.2, -0.15) is 0 Å². The van der Waals surface area contributed by atoms with Crippen LogP contribution in [0.1, 0.15) is 10.4 Å². The number of halogens is 2. The van der Waals surface area contributed by atoms with Crippen molar-refractivity contribution in [3.05, 3.63) is 19.2 Å². The molecule has 2 N–H and O–H groups in total. The van der Waals surface area contributed by atoms with Gasteiger partial charge in [-0.1, -0.05) is 0 Å². The molecule has 1 aliphatic rings. The molecule has 0 spiro atoms. The number of hydrogen-bond acceptors (Lipinski definition) is 4. The maximum absolute atomic E-state index is 12.0. The molecule has 0 bridgehead atoms. The molecule has 2 atom stereocenters. The third-order valence-corrected chi connectivity index (χ3v) is 4.77. The Labute approximate surface area is 113 Å². The van der Waals surface area contributed by atoms with Gasteiger partial charge in [0, 0.05) is 13.1 Å². The van der Waals surface area contributed by atoms with Crippen LogP contribution in [0.3, 0.4) is 0 Å². The summed E-state index contributed by atoms with van der Waals surface area (Å²) in [6, 6.07) is 1.73. The largest absolute Gasteiger partial charge is 0.388 e. The average Bonchev–Trinajstić information content (AvgIpc) is 2.70. The van der Waals surface area contributed by atoms with Crippen molar-refractivity contribution in [2.24, 2.45) is 0 Å². The highest BCUT2D eigenvalue weighted by Crippen LogP contribution is 2.33. The van der Waals surface area contributed by atoms with E-state index in [2.05, 4.69) is 31.9 Å². The molecule has 1 aliphatic heterocycles. The predicted octanol–water partition coefficient (Wildman–Crippen LogP) is 1.45. The van der Waals surface area contributed by atoms with Crippen LogP contribution in [-0.4, -0.2) is 46.3 Å². The van der Waals surface area contributed by atoms with E-state index in [-0.39, 0.29) is 19.0 Å². The molecule has 2 rings (SSSR count). The van der Waals surface area contributed by atoms with Crippen molar-refractivity contribution in [1.29, 1.82) is 0 Å². The minimum absolute atomic E-state index is 0.176. The van der Waals surface area contributed by atoms with Gasteiger partial charge in [0.25, 0.3) is 5.91 Å². The highest BCUT2D eigenvalue weighted by Gasteiger charge is 2.33.